The molecular weight excluding hydrogens is 374 g/mol. The van der Waals surface area contributed by atoms with E-state index in [2.05, 4.69) is 22.5 Å². The zero-order valence-corrected chi connectivity index (χ0v) is 16.8. The second kappa shape index (κ2) is 8.32. The molecule has 1 aromatic rings. The van der Waals surface area contributed by atoms with Crippen molar-refractivity contribution in [2.75, 3.05) is 26.5 Å². The summed E-state index contributed by atoms with van der Waals surface area (Å²) in [5, 5.41) is 5.72. The van der Waals surface area contributed by atoms with E-state index in [-0.39, 0.29) is 19.4 Å². The number of amides is 2. The standard InChI is InChI=1S/C21H27N3O5/c1-3-27-20(25)18-15(11-24-9-5-4-6-13(24)2)22-21(26)23-19(18)14-7-8-16-17(10-14)29-12-28-16/h7-8,10,13,19H,3-6,9,11-12H2,1-2H3,(H2,22,23,26)/t13-,19+/m1/s1. The summed E-state index contributed by atoms with van der Waals surface area (Å²) in [6.07, 6.45) is 3.43. The third-order valence-electron chi connectivity index (χ3n) is 5.68. The molecule has 0 bridgehead atoms. The van der Waals surface area contributed by atoms with Crippen LogP contribution in [0.25, 0.3) is 0 Å². The molecule has 1 saturated heterocycles. The number of fused-ring (bicyclic) bond motifs is 1. The molecule has 3 heterocycles. The van der Waals surface area contributed by atoms with Crippen LogP contribution in [-0.2, 0) is 9.53 Å². The summed E-state index contributed by atoms with van der Waals surface area (Å²) in [6, 6.07) is 4.88. The van der Waals surface area contributed by atoms with E-state index in [1.54, 1.807) is 19.1 Å². The van der Waals surface area contributed by atoms with Crippen LogP contribution in [0.5, 0.6) is 11.5 Å². The molecule has 4 rings (SSSR count). The molecule has 0 aliphatic carbocycles. The molecule has 0 unspecified atom stereocenters. The molecule has 3 aliphatic rings. The fourth-order valence-electron chi connectivity index (χ4n) is 4.13. The van der Waals surface area contributed by atoms with Gasteiger partial charge in [0, 0.05) is 18.3 Å². The van der Waals surface area contributed by atoms with E-state index in [4.69, 9.17) is 14.2 Å². The van der Waals surface area contributed by atoms with Crippen molar-refractivity contribution >= 4 is 12.0 Å². The summed E-state index contributed by atoms with van der Waals surface area (Å²) in [5.41, 5.74) is 1.78. The molecule has 2 N–H and O–H groups in total. The zero-order valence-electron chi connectivity index (χ0n) is 16.8. The highest BCUT2D eigenvalue weighted by Gasteiger charge is 2.35. The van der Waals surface area contributed by atoms with Crippen molar-refractivity contribution < 1.29 is 23.8 Å². The monoisotopic (exact) mass is 401 g/mol. The highest BCUT2D eigenvalue weighted by atomic mass is 16.7. The number of piperidine rings is 1. The molecule has 3 aliphatic heterocycles. The summed E-state index contributed by atoms with van der Waals surface area (Å²) >= 11 is 0. The lowest BCUT2D eigenvalue weighted by Crippen LogP contribution is -2.50. The van der Waals surface area contributed by atoms with E-state index in [1.807, 2.05) is 6.07 Å². The van der Waals surface area contributed by atoms with Gasteiger partial charge < -0.3 is 24.8 Å². The van der Waals surface area contributed by atoms with Crippen LogP contribution in [0, 0.1) is 0 Å². The van der Waals surface area contributed by atoms with Crippen LogP contribution in [0.15, 0.2) is 29.5 Å². The fourth-order valence-corrected chi connectivity index (χ4v) is 4.13. The Hall–Kier alpha value is -2.74. The minimum atomic E-state index is -0.618. The van der Waals surface area contributed by atoms with Gasteiger partial charge in [-0.1, -0.05) is 12.5 Å². The van der Waals surface area contributed by atoms with E-state index in [1.165, 1.54) is 6.42 Å². The second-order valence-electron chi connectivity index (χ2n) is 7.57. The van der Waals surface area contributed by atoms with Gasteiger partial charge in [0.1, 0.15) is 0 Å². The molecule has 8 heteroatoms. The number of ether oxygens (including phenoxy) is 3. The quantitative estimate of drug-likeness (QED) is 0.737. The minimum absolute atomic E-state index is 0.163. The van der Waals surface area contributed by atoms with Crippen molar-refractivity contribution in [1.82, 2.24) is 15.5 Å². The largest absolute Gasteiger partial charge is 0.463 e. The van der Waals surface area contributed by atoms with Crippen molar-refractivity contribution in [2.24, 2.45) is 0 Å². The van der Waals surface area contributed by atoms with E-state index >= 15 is 0 Å². The molecule has 2 amide bonds. The van der Waals surface area contributed by atoms with Crippen molar-refractivity contribution in [1.29, 1.82) is 0 Å². The Bertz CT molecular complexity index is 838. The Morgan fingerprint density at radius 1 is 1.28 bits per heavy atom. The smallest absolute Gasteiger partial charge is 0.338 e. The number of hydrogen-bond donors (Lipinski definition) is 2. The first-order valence-electron chi connectivity index (χ1n) is 10.2. The SMILES string of the molecule is CCOC(=O)C1=C(CN2CCCC[C@H]2C)NC(=O)N[C@H]1c1ccc2c(c1)OCO2. The molecule has 1 fully saturated rings. The minimum Gasteiger partial charge on any atom is -0.463 e. The molecule has 8 nitrogen and oxygen atoms in total. The van der Waals surface area contributed by atoms with Crippen molar-refractivity contribution in [3.05, 3.63) is 35.0 Å². The molecule has 29 heavy (non-hydrogen) atoms. The molecule has 1 aromatic carbocycles. The Morgan fingerprint density at radius 2 is 2.10 bits per heavy atom. The van der Waals surface area contributed by atoms with Gasteiger partial charge in [-0.3, -0.25) is 4.90 Å². The average molecular weight is 401 g/mol. The molecule has 0 saturated carbocycles. The van der Waals surface area contributed by atoms with Gasteiger partial charge in [0.15, 0.2) is 11.5 Å². The zero-order chi connectivity index (χ0) is 20.4. The van der Waals surface area contributed by atoms with Gasteiger partial charge in [-0.2, -0.15) is 0 Å². The highest BCUT2D eigenvalue weighted by Crippen LogP contribution is 2.37. The lowest BCUT2D eigenvalue weighted by atomic mass is 9.94. The van der Waals surface area contributed by atoms with Crippen molar-refractivity contribution in [3.8, 4) is 11.5 Å². The van der Waals surface area contributed by atoms with Crippen molar-refractivity contribution in [3.63, 3.8) is 0 Å². The number of carbonyl (C=O) groups is 2. The molecule has 0 radical (unpaired) electrons. The fraction of sp³-hybridized carbons (Fsp3) is 0.524. The number of urea groups is 1. The highest BCUT2D eigenvalue weighted by molar-refractivity contribution is 5.95. The van der Waals surface area contributed by atoms with E-state index in [9.17, 15) is 9.59 Å². The number of esters is 1. The Balaban J connectivity index is 1.71. The number of nitrogens with one attached hydrogen (secondary N) is 2. The third kappa shape index (κ3) is 4.03. The summed E-state index contributed by atoms with van der Waals surface area (Å²) in [5.74, 6) is 0.824. The number of carbonyl (C=O) groups excluding carboxylic acids is 2. The lowest BCUT2D eigenvalue weighted by Gasteiger charge is -2.36. The topological polar surface area (TPSA) is 89.1 Å². The van der Waals surface area contributed by atoms with Crippen LogP contribution in [0.3, 0.4) is 0 Å². The molecule has 0 spiro atoms. The number of rotatable bonds is 5. The Morgan fingerprint density at radius 3 is 2.90 bits per heavy atom. The molecular formula is C21H27N3O5. The predicted molar refractivity (Wildman–Crippen MR) is 106 cm³/mol. The van der Waals surface area contributed by atoms with Crippen LogP contribution in [0.2, 0.25) is 0 Å². The van der Waals surface area contributed by atoms with Gasteiger partial charge in [-0.05, 0) is 50.9 Å². The Labute approximate surface area is 170 Å². The maximum atomic E-state index is 12.9. The number of likely N-dealkylation sites (tertiary alicyclic amines) is 1. The van der Waals surface area contributed by atoms with Gasteiger partial charge in [0.05, 0.1) is 18.2 Å². The number of hydrogen-bond acceptors (Lipinski definition) is 6. The molecule has 2 atom stereocenters. The summed E-state index contributed by atoms with van der Waals surface area (Å²) < 4.78 is 16.2. The van der Waals surface area contributed by atoms with Crippen LogP contribution < -0.4 is 20.1 Å². The van der Waals surface area contributed by atoms with Crippen LogP contribution in [-0.4, -0.2) is 49.4 Å². The normalized spacial score (nSPS) is 24.1. The molecule has 156 valence electrons. The van der Waals surface area contributed by atoms with Crippen molar-refractivity contribution in [2.45, 2.75) is 45.2 Å². The third-order valence-corrected chi connectivity index (χ3v) is 5.68. The first-order valence-corrected chi connectivity index (χ1v) is 10.2. The van der Waals surface area contributed by atoms with Gasteiger partial charge in [-0.25, -0.2) is 9.59 Å². The van der Waals surface area contributed by atoms with Crippen LogP contribution in [0.4, 0.5) is 4.79 Å². The first-order chi connectivity index (χ1) is 14.1. The maximum Gasteiger partial charge on any atom is 0.338 e. The van der Waals surface area contributed by atoms with E-state index in [0.29, 0.717) is 35.4 Å². The first kappa shape index (κ1) is 19.6. The lowest BCUT2D eigenvalue weighted by molar-refractivity contribution is -0.139. The van der Waals surface area contributed by atoms with Gasteiger partial charge in [-0.15, -0.1) is 0 Å². The number of benzene rings is 1. The summed E-state index contributed by atoms with van der Waals surface area (Å²) in [6.45, 7) is 5.83. The second-order valence-corrected chi connectivity index (χ2v) is 7.57. The van der Waals surface area contributed by atoms with Crippen LogP contribution in [0.1, 0.15) is 44.7 Å². The summed E-state index contributed by atoms with van der Waals surface area (Å²) in [7, 11) is 0. The maximum absolute atomic E-state index is 12.9. The molecule has 0 aromatic heterocycles. The number of nitrogens with zero attached hydrogens (tertiary/aromatic N) is 1. The van der Waals surface area contributed by atoms with Gasteiger partial charge in [0.25, 0.3) is 0 Å². The van der Waals surface area contributed by atoms with Gasteiger partial charge in [0.2, 0.25) is 6.79 Å². The van der Waals surface area contributed by atoms with E-state index in [0.717, 1.165) is 24.9 Å². The van der Waals surface area contributed by atoms with Gasteiger partial charge >= 0.3 is 12.0 Å². The predicted octanol–water partition coefficient (Wildman–Crippen LogP) is 2.46. The Kier molecular flexibility index (Phi) is 5.62. The summed E-state index contributed by atoms with van der Waals surface area (Å²) in [4.78, 5) is 27.7. The van der Waals surface area contributed by atoms with Crippen LogP contribution >= 0.6 is 0 Å². The average Bonchev–Trinajstić information content (AvgIpc) is 3.17. The van der Waals surface area contributed by atoms with E-state index < -0.39 is 12.0 Å².